The van der Waals surface area contributed by atoms with Crippen molar-refractivity contribution in [3.63, 3.8) is 0 Å². The highest BCUT2D eigenvalue weighted by molar-refractivity contribution is 9.10. The van der Waals surface area contributed by atoms with Crippen molar-refractivity contribution in [2.45, 2.75) is 11.3 Å². The Morgan fingerprint density at radius 1 is 1.30 bits per heavy atom. The molecular weight excluding hydrogens is 354 g/mol. The average molecular weight is 367 g/mol. The zero-order valence-corrected chi connectivity index (χ0v) is 12.8. The van der Waals surface area contributed by atoms with Crippen LogP contribution in [0.25, 0.3) is 0 Å². The molecule has 0 amide bonds. The Kier molecular flexibility index (Phi) is 4.90. The molecule has 0 saturated carbocycles. The summed E-state index contributed by atoms with van der Waals surface area (Å²) in [5.41, 5.74) is 0.922. The third kappa shape index (κ3) is 3.63. The Bertz CT molecular complexity index is 647. The quantitative estimate of drug-likeness (QED) is 0.632. The van der Waals surface area contributed by atoms with Crippen LogP contribution in [-0.4, -0.2) is 28.1 Å². The first-order valence-corrected chi connectivity index (χ1v) is 8.20. The van der Waals surface area contributed by atoms with Gasteiger partial charge in [0.15, 0.2) is 0 Å². The van der Waals surface area contributed by atoms with E-state index in [4.69, 9.17) is 0 Å². The Morgan fingerprint density at radius 2 is 2.05 bits per heavy atom. The summed E-state index contributed by atoms with van der Waals surface area (Å²) >= 11 is 2.80. The lowest BCUT2D eigenvalue weighted by Gasteiger charge is -2.15. The molecule has 0 unspecified atom stereocenters. The van der Waals surface area contributed by atoms with Crippen LogP contribution in [0.5, 0.6) is 0 Å². The van der Waals surface area contributed by atoms with Gasteiger partial charge in [-0.05, 0) is 41.0 Å². The molecule has 20 heavy (non-hydrogen) atoms. The van der Waals surface area contributed by atoms with Crippen LogP contribution in [0.1, 0.15) is 6.42 Å². The molecule has 0 aliphatic carbocycles. The Morgan fingerprint density at radius 3 is 2.70 bits per heavy atom. The molecule has 1 aliphatic rings. The number of nitrogens with one attached hydrogen (secondary N) is 2. The predicted molar refractivity (Wildman–Crippen MR) is 74.8 cm³/mol. The lowest BCUT2D eigenvalue weighted by Crippen LogP contribution is -2.30. The van der Waals surface area contributed by atoms with Crippen molar-refractivity contribution < 1.29 is 17.2 Å². The summed E-state index contributed by atoms with van der Waals surface area (Å²) in [7, 11) is -4.08. The summed E-state index contributed by atoms with van der Waals surface area (Å²) in [5.74, 6) is -1.82. The SMILES string of the molecule is O=S(=O)(NCC1=CCNCC1)c1cc(F)c(Br)cc1F. The van der Waals surface area contributed by atoms with Gasteiger partial charge < -0.3 is 5.32 Å². The average Bonchev–Trinajstić information content (AvgIpc) is 2.42. The second-order valence-corrected chi connectivity index (χ2v) is 6.93. The molecule has 8 heteroatoms. The van der Waals surface area contributed by atoms with E-state index in [9.17, 15) is 17.2 Å². The summed E-state index contributed by atoms with van der Waals surface area (Å²) < 4.78 is 53.1. The lowest BCUT2D eigenvalue weighted by atomic mass is 10.1. The van der Waals surface area contributed by atoms with Crippen LogP contribution >= 0.6 is 15.9 Å². The smallest absolute Gasteiger partial charge is 0.243 e. The third-order valence-corrected chi connectivity index (χ3v) is 4.94. The first kappa shape index (κ1) is 15.6. The van der Waals surface area contributed by atoms with Crippen molar-refractivity contribution in [2.24, 2.45) is 0 Å². The predicted octanol–water partition coefficient (Wildman–Crippen LogP) is 1.93. The zero-order valence-electron chi connectivity index (χ0n) is 10.4. The first-order valence-electron chi connectivity index (χ1n) is 5.93. The van der Waals surface area contributed by atoms with Gasteiger partial charge in [-0.15, -0.1) is 0 Å². The number of benzene rings is 1. The van der Waals surface area contributed by atoms with Gasteiger partial charge in [0.1, 0.15) is 16.5 Å². The van der Waals surface area contributed by atoms with Gasteiger partial charge in [0, 0.05) is 13.1 Å². The highest BCUT2D eigenvalue weighted by Gasteiger charge is 2.21. The van der Waals surface area contributed by atoms with Crippen LogP contribution in [0, 0.1) is 11.6 Å². The molecule has 1 aromatic carbocycles. The number of hydrogen-bond donors (Lipinski definition) is 2. The maximum Gasteiger partial charge on any atom is 0.243 e. The number of halogens is 3. The molecule has 2 N–H and O–H groups in total. The molecular formula is C12H13BrF2N2O2S. The maximum absolute atomic E-state index is 13.7. The Labute approximate surface area is 124 Å². The molecule has 0 radical (unpaired) electrons. The van der Waals surface area contributed by atoms with Crippen LogP contribution in [0.2, 0.25) is 0 Å². The highest BCUT2D eigenvalue weighted by Crippen LogP contribution is 2.23. The van der Waals surface area contributed by atoms with E-state index in [1.54, 1.807) is 0 Å². The minimum Gasteiger partial charge on any atom is -0.313 e. The zero-order chi connectivity index (χ0) is 14.8. The van der Waals surface area contributed by atoms with E-state index in [0.717, 1.165) is 24.6 Å². The molecule has 4 nitrogen and oxygen atoms in total. The fourth-order valence-electron chi connectivity index (χ4n) is 1.81. The second-order valence-electron chi connectivity index (χ2n) is 4.34. The second kappa shape index (κ2) is 6.30. The standard InChI is InChI=1S/C12H13BrF2N2O2S/c13-9-5-11(15)12(6-10(9)14)20(18,19)17-7-8-1-3-16-4-2-8/h1,5-6,16-17H,2-4,7H2. The molecule has 1 aliphatic heterocycles. The summed E-state index contributed by atoms with van der Waals surface area (Å²) in [6.07, 6.45) is 2.60. The van der Waals surface area contributed by atoms with Crippen molar-refractivity contribution in [3.8, 4) is 0 Å². The maximum atomic E-state index is 13.7. The number of rotatable bonds is 4. The van der Waals surface area contributed by atoms with Gasteiger partial charge in [0.05, 0.1) is 4.47 Å². The fourth-order valence-corrected chi connectivity index (χ4v) is 3.23. The summed E-state index contributed by atoms with van der Waals surface area (Å²) in [5, 5.41) is 3.10. The van der Waals surface area contributed by atoms with Crippen molar-refractivity contribution in [1.29, 1.82) is 0 Å². The number of hydrogen-bond acceptors (Lipinski definition) is 3. The largest absolute Gasteiger partial charge is 0.313 e. The highest BCUT2D eigenvalue weighted by atomic mass is 79.9. The molecule has 0 aromatic heterocycles. The van der Waals surface area contributed by atoms with Crippen LogP contribution in [0.3, 0.4) is 0 Å². The third-order valence-electron chi connectivity index (χ3n) is 2.91. The minimum absolute atomic E-state index is 0.0983. The van der Waals surface area contributed by atoms with Gasteiger partial charge in [-0.25, -0.2) is 21.9 Å². The van der Waals surface area contributed by atoms with Crippen molar-refractivity contribution in [3.05, 3.63) is 39.9 Å². The van der Waals surface area contributed by atoms with E-state index in [1.165, 1.54) is 0 Å². The van der Waals surface area contributed by atoms with Crippen molar-refractivity contribution in [1.82, 2.24) is 10.0 Å². The first-order chi connectivity index (χ1) is 9.40. The van der Waals surface area contributed by atoms with Crippen LogP contribution in [0.4, 0.5) is 8.78 Å². The molecule has 0 spiro atoms. The molecule has 0 saturated heterocycles. The van der Waals surface area contributed by atoms with Crippen LogP contribution < -0.4 is 10.0 Å². The van der Waals surface area contributed by atoms with Gasteiger partial charge in [-0.3, -0.25) is 0 Å². The van der Waals surface area contributed by atoms with Gasteiger partial charge in [0.2, 0.25) is 10.0 Å². The Balaban J connectivity index is 2.18. The lowest BCUT2D eigenvalue weighted by molar-refractivity contribution is 0.544. The molecule has 0 atom stereocenters. The Hall–Kier alpha value is -0.830. The van der Waals surface area contributed by atoms with E-state index in [2.05, 4.69) is 26.0 Å². The summed E-state index contributed by atoms with van der Waals surface area (Å²) in [6.45, 7) is 1.55. The van der Waals surface area contributed by atoms with E-state index < -0.39 is 26.6 Å². The van der Waals surface area contributed by atoms with Gasteiger partial charge in [-0.2, -0.15) is 0 Å². The van der Waals surface area contributed by atoms with Crippen molar-refractivity contribution >= 4 is 26.0 Å². The van der Waals surface area contributed by atoms with Gasteiger partial charge >= 0.3 is 0 Å². The van der Waals surface area contributed by atoms with E-state index >= 15 is 0 Å². The van der Waals surface area contributed by atoms with Crippen molar-refractivity contribution in [2.75, 3.05) is 19.6 Å². The van der Waals surface area contributed by atoms with E-state index in [0.29, 0.717) is 12.6 Å². The monoisotopic (exact) mass is 366 g/mol. The summed E-state index contributed by atoms with van der Waals surface area (Å²) in [4.78, 5) is -0.687. The molecule has 0 bridgehead atoms. The van der Waals surface area contributed by atoms with E-state index in [1.807, 2.05) is 6.08 Å². The van der Waals surface area contributed by atoms with Crippen LogP contribution in [-0.2, 0) is 10.0 Å². The summed E-state index contributed by atoms with van der Waals surface area (Å²) in [6, 6.07) is 1.46. The molecule has 110 valence electrons. The van der Waals surface area contributed by atoms with E-state index in [-0.39, 0.29) is 11.0 Å². The van der Waals surface area contributed by atoms with Gasteiger partial charge in [0.25, 0.3) is 0 Å². The number of sulfonamides is 1. The molecule has 1 heterocycles. The molecule has 0 fully saturated rings. The van der Waals surface area contributed by atoms with Gasteiger partial charge in [-0.1, -0.05) is 11.6 Å². The molecule has 1 aromatic rings. The van der Waals surface area contributed by atoms with Crippen LogP contribution in [0.15, 0.2) is 33.2 Å². The topological polar surface area (TPSA) is 58.2 Å². The minimum atomic E-state index is -4.08. The normalized spacial score (nSPS) is 16.1. The fraction of sp³-hybridized carbons (Fsp3) is 0.333. The molecule has 2 rings (SSSR count).